The summed E-state index contributed by atoms with van der Waals surface area (Å²) in [5, 5.41) is 3.00. The predicted molar refractivity (Wildman–Crippen MR) is 89.5 cm³/mol. The third-order valence-corrected chi connectivity index (χ3v) is 4.14. The van der Waals surface area contributed by atoms with E-state index in [1.807, 2.05) is 32.0 Å². The van der Waals surface area contributed by atoms with Crippen molar-refractivity contribution in [3.63, 3.8) is 0 Å². The highest BCUT2D eigenvalue weighted by Crippen LogP contribution is 2.22. The van der Waals surface area contributed by atoms with Gasteiger partial charge in [0.05, 0.1) is 5.25 Å². The second kappa shape index (κ2) is 6.79. The van der Waals surface area contributed by atoms with Crippen LogP contribution in [0.2, 0.25) is 0 Å². The number of aryl methyl sites for hydroxylation is 3. The van der Waals surface area contributed by atoms with E-state index in [4.69, 9.17) is 0 Å². The molecule has 116 valence electrons. The number of aromatic amines is 1. The molecule has 0 aliphatic heterocycles. The quantitative estimate of drug-likeness (QED) is 0.671. The first-order valence-corrected chi connectivity index (χ1v) is 7.86. The molecule has 0 radical (unpaired) electrons. The molecule has 6 heteroatoms. The molecule has 1 heterocycles. The summed E-state index contributed by atoms with van der Waals surface area (Å²) in [6, 6.07) is 7.34. The molecular formula is C16H19N3O2S. The maximum atomic E-state index is 12.3. The van der Waals surface area contributed by atoms with Crippen molar-refractivity contribution in [1.29, 1.82) is 0 Å². The number of nitrogens with one attached hydrogen (secondary N) is 2. The van der Waals surface area contributed by atoms with E-state index in [1.54, 1.807) is 13.8 Å². The summed E-state index contributed by atoms with van der Waals surface area (Å²) >= 11 is 1.23. The summed E-state index contributed by atoms with van der Waals surface area (Å²) in [7, 11) is 0. The van der Waals surface area contributed by atoms with E-state index in [9.17, 15) is 9.59 Å². The summed E-state index contributed by atoms with van der Waals surface area (Å²) in [5.74, 6) is -0.122. The number of anilines is 1. The fourth-order valence-corrected chi connectivity index (χ4v) is 2.79. The molecule has 22 heavy (non-hydrogen) atoms. The van der Waals surface area contributed by atoms with Crippen molar-refractivity contribution in [1.82, 2.24) is 9.97 Å². The monoisotopic (exact) mass is 317 g/mol. The Morgan fingerprint density at radius 1 is 1.27 bits per heavy atom. The predicted octanol–water partition coefficient (Wildman–Crippen LogP) is 2.81. The number of carbonyl (C=O) groups excluding carboxylic acids is 1. The highest BCUT2D eigenvalue weighted by atomic mass is 32.2. The molecule has 1 amide bonds. The van der Waals surface area contributed by atoms with Gasteiger partial charge in [0, 0.05) is 17.4 Å². The molecule has 1 aromatic carbocycles. The third-order valence-electron chi connectivity index (χ3n) is 3.16. The number of nitrogens with zero attached hydrogens (tertiary/aromatic N) is 1. The molecule has 0 saturated heterocycles. The van der Waals surface area contributed by atoms with Gasteiger partial charge in [0.15, 0.2) is 5.16 Å². The van der Waals surface area contributed by atoms with Gasteiger partial charge in [-0.1, -0.05) is 23.9 Å². The maximum absolute atomic E-state index is 12.3. The van der Waals surface area contributed by atoms with Gasteiger partial charge in [-0.2, -0.15) is 0 Å². The van der Waals surface area contributed by atoms with Gasteiger partial charge < -0.3 is 10.3 Å². The fourth-order valence-electron chi connectivity index (χ4n) is 1.93. The van der Waals surface area contributed by atoms with Gasteiger partial charge >= 0.3 is 0 Å². The van der Waals surface area contributed by atoms with E-state index in [2.05, 4.69) is 15.3 Å². The van der Waals surface area contributed by atoms with E-state index in [0.29, 0.717) is 10.9 Å². The number of amides is 1. The van der Waals surface area contributed by atoms with Crippen LogP contribution in [0.4, 0.5) is 5.69 Å². The third kappa shape index (κ3) is 4.21. The van der Waals surface area contributed by atoms with Gasteiger partial charge in [0.25, 0.3) is 5.56 Å². The lowest BCUT2D eigenvalue weighted by molar-refractivity contribution is -0.115. The van der Waals surface area contributed by atoms with Crippen molar-refractivity contribution in [2.75, 3.05) is 5.32 Å². The molecular weight excluding hydrogens is 298 g/mol. The number of benzene rings is 1. The minimum Gasteiger partial charge on any atom is -0.325 e. The van der Waals surface area contributed by atoms with Gasteiger partial charge in [-0.05, 0) is 44.9 Å². The van der Waals surface area contributed by atoms with Crippen LogP contribution in [0, 0.1) is 20.8 Å². The average molecular weight is 317 g/mol. The van der Waals surface area contributed by atoms with Crippen LogP contribution in [0.1, 0.15) is 23.7 Å². The molecule has 0 unspecified atom stereocenters. The topological polar surface area (TPSA) is 74.8 Å². The van der Waals surface area contributed by atoms with E-state index < -0.39 is 0 Å². The molecule has 2 rings (SSSR count). The van der Waals surface area contributed by atoms with E-state index in [-0.39, 0.29) is 16.7 Å². The van der Waals surface area contributed by atoms with Crippen LogP contribution in [0.25, 0.3) is 0 Å². The summed E-state index contributed by atoms with van der Waals surface area (Å²) in [4.78, 5) is 30.6. The molecule has 0 aliphatic rings. The van der Waals surface area contributed by atoms with Crippen LogP contribution < -0.4 is 10.9 Å². The van der Waals surface area contributed by atoms with Crippen molar-refractivity contribution >= 4 is 23.4 Å². The SMILES string of the molecule is Cc1ccc(C)c(NC(=O)[C@@H](C)Sc2nc(C)cc(=O)[nH]2)c1. The highest BCUT2D eigenvalue weighted by Gasteiger charge is 2.17. The van der Waals surface area contributed by atoms with E-state index >= 15 is 0 Å². The molecule has 2 N–H and O–H groups in total. The summed E-state index contributed by atoms with van der Waals surface area (Å²) in [6.45, 7) is 7.47. The van der Waals surface area contributed by atoms with Gasteiger partial charge in [-0.3, -0.25) is 9.59 Å². The molecule has 1 aromatic heterocycles. The first kappa shape index (κ1) is 16.3. The number of H-pyrrole nitrogens is 1. The van der Waals surface area contributed by atoms with E-state index in [0.717, 1.165) is 16.8 Å². The number of carbonyl (C=O) groups is 1. The molecule has 0 saturated carbocycles. The van der Waals surface area contributed by atoms with Crippen LogP contribution >= 0.6 is 11.8 Å². The van der Waals surface area contributed by atoms with Gasteiger partial charge in [0.2, 0.25) is 5.91 Å². The van der Waals surface area contributed by atoms with Crippen molar-refractivity contribution in [2.24, 2.45) is 0 Å². The van der Waals surface area contributed by atoms with Gasteiger partial charge in [-0.15, -0.1) is 0 Å². The molecule has 0 bridgehead atoms. The molecule has 0 fully saturated rings. The largest absolute Gasteiger partial charge is 0.325 e. The second-order valence-corrected chi connectivity index (χ2v) is 6.59. The Morgan fingerprint density at radius 2 is 2.00 bits per heavy atom. The Kier molecular flexibility index (Phi) is 5.03. The van der Waals surface area contributed by atoms with Crippen molar-refractivity contribution < 1.29 is 4.79 Å². The lowest BCUT2D eigenvalue weighted by atomic mass is 10.1. The first-order valence-electron chi connectivity index (χ1n) is 6.98. The number of aromatic nitrogens is 2. The fraction of sp³-hybridized carbons (Fsp3) is 0.312. The smallest absolute Gasteiger partial charge is 0.251 e. The van der Waals surface area contributed by atoms with E-state index in [1.165, 1.54) is 17.8 Å². The Balaban J connectivity index is 2.09. The number of thioether (sulfide) groups is 1. The molecule has 0 aliphatic carbocycles. The van der Waals surface area contributed by atoms with Crippen LogP contribution in [0.5, 0.6) is 0 Å². The van der Waals surface area contributed by atoms with Crippen LogP contribution in [0.15, 0.2) is 34.2 Å². The van der Waals surface area contributed by atoms with Crippen molar-refractivity contribution in [2.45, 2.75) is 38.1 Å². The zero-order valence-corrected chi connectivity index (χ0v) is 13.9. The molecule has 5 nitrogen and oxygen atoms in total. The summed E-state index contributed by atoms with van der Waals surface area (Å²) < 4.78 is 0. The normalized spacial score (nSPS) is 12.0. The molecule has 0 spiro atoms. The van der Waals surface area contributed by atoms with Crippen LogP contribution in [-0.4, -0.2) is 21.1 Å². The second-order valence-electron chi connectivity index (χ2n) is 5.26. The molecule has 1 atom stereocenters. The van der Waals surface area contributed by atoms with Gasteiger partial charge in [0.1, 0.15) is 0 Å². The molecule has 2 aromatic rings. The zero-order valence-electron chi connectivity index (χ0n) is 13.1. The van der Waals surface area contributed by atoms with Gasteiger partial charge in [-0.25, -0.2) is 4.98 Å². The first-order chi connectivity index (χ1) is 10.3. The number of rotatable bonds is 4. The van der Waals surface area contributed by atoms with Crippen LogP contribution in [-0.2, 0) is 4.79 Å². The Labute approximate surface area is 133 Å². The zero-order chi connectivity index (χ0) is 16.3. The van der Waals surface area contributed by atoms with Crippen LogP contribution in [0.3, 0.4) is 0 Å². The highest BCUT2D eigenvalue weighted by molar-refractivity contribution is 8.00. The van der Waals surface area contributed by atoms with Crippen molar-refractivity contribution in [3.05, 3.63) is 51.4 Å². The number of hydrogen-bond acceptors (Lipinski definition) is 4. The standard InChI is InChI=1S/C16H19N3O2S/c1-9-5-6-10(2)13(7-9)18-15(21)12(4)22-16-17-11(3)8-14(20)19-16/h5-8,12H,1-4H3,(H,18,21)(H,17,19,20)/t12-/m1/s1. The number of hydrogen-bond donors (Lipinski definition) is 2. The lowest BCUT2D eigenvalue weighted by Gasteiger charge is -2.13. The Morgan fingerprint density at radius 3 is 2.68 bits per heavy atom. The maximum Gasteiger partial charge on any atom is 0.251 e. The Hall–Kier alpha value is -2.08. The summed E-state index contributed by atoms with van der Waals surface area (Å²) in [5.41, 5.74) is 3.33. The lowest BCUT2D eigenvalue weighted by Crippen LogP contribution is -2.23. The minimum atomic E-state index is -0.370. The minimum absolute atomic E-state index is 0.122. The Bertz CT molecular complexity index is 755. The average Bonchev–Trinajstić information content (AvgIpc) is 2.41. The van der Waals surface area contributed by atoms with Crippen molar-refractivity contribution in [3.8, 4) is 0 Å². The summed E-state index contributed by atoms with van der Waals surface area (Å²) in [6.07, 6.45) is 0.